The first kappa shape index (κ1) is 25.0. The van der Waals surface area contributed by atoms with E-state index in [0.29, 0.717) is 23.1 Å². The second-order valence-corrected chi connectivity index (χ2v) is 9.50. The van der Waals surface area contributed by atoms with Crippen LogP contribution in [0.4, 0.5) is 14.6 Å². The summed E-state index contributed by atoms with van der Waals surface area (Å²) in [5, 5.41) is 12.0. The number of nitriles is 1. The van der Waals surface area contributed by atoms with Crippen LogP contribution in [0.3, 0.4) is 0 Å². The quantitative estimate of drug-likeness (QED) is 0.500. The number of carbonyl (C=O) groups excluding carboxylic acids is 3. The number of nitrogens with zero attached hydrogens (tertiary/aromatic N) is 4. The van der Waals surface area contributed by atoms with E-state index in [1.165, 1.54) is 37.5 Å². The molecular weight excluding hydrogens is 496 g/mol. The number of anilines is 1. The normalized spacial score (nSPS) is 15.8. The lowest BCUT2D eigenvalue weighted by Gasteiger charge is -2.39. The molecule has 1 aromatic carbocycles. The summed E-state index contributed by atoms with van der Waals surface area (Å²) >= 11 is 0. The molecule has 5 rings (SSSR count). The van der Waals surface area contributed by atoms with Crippen molar-refractivity contribution in [3.05, 3.63) is 80.9 Å². The lowest BCUT2D eigenvalue weighted by Crippen LogP contribution is -2.58. The molecule has 2 aliphatic rings. The number of likely N-dealkylation sites (tertiary alicyclic amines) is 1. The molecular formula is C27H21F2N5O4. The molecule has 1 aliphatic carbocycles. The Bertz CT molecular complexity index is 1600. The second kappa shape index (κ2) is 9.30. The van der Waals surface area contributed by atoms with Gasteiger partial charge in [-0.05, 0) is 54.3 Å². The number of nitrogens with one attached hydrogen (secondary N) is 1. The maximum absolute atomic E-state index is 13.5. The van der Waals surface area contributed by atoms with Crippen molar-refractivity contribution in [3.8, 4) is 17.2 Å². The average Bonchev–Trinajstić information content (AvgIpc) is 3.73. The zero-order valence-corrected chi connectivity index (χ0v) is 20.2. The minimum atomic E-state index is -2.95. The van der Waals surface area contributed by atoms with E-state index in [1.807, 2.05) is 6.07 Å². The van der Waals surface area contributed by atoms with Crippen molar-refractivity contribution in [3.63, 3.8) is 0 Å². The SMILES string of the molecule is Cn1cc(C=O)cc(C(=O)Nc2cc(-c3ccc(C#N)cc3C(=O)N3CC(F)(F)C3)cc(C3CC3)n2)c1=O. The van der Waals surface area contributed by atoms with Crippen LogP contribution in [0.1, 0.15) is 61.1 Å². The van der Waals surface area contributed by atoms with Crippen LogP contribution in [0.15, 0.2) is 47.4 Å². The predicted molar refractivity (Wildman–Crippen MR) is 132 cm³/mol. The fraction of sp³-hybridized carbons (Fsp3) is 0.259. The molecule has 0 atom stereocenters. The Morgan fingerprint density at radius 2 is 1.89 bits per heavy atom. The minimum Gasteiger partial charge on any atom is -0.326 e. The summed E-state index contributed by atoms with van der Waals surface area (Å²) in [5.74, 6) is -4.09. The molecule has 1 saturated heterocycles. The van der Waals surface area contributed by atoms with Gasteiger partial charge in [-0.3, -0.25) is 19.2 Å². The molecule has 3 heterocycles. The molecule has 0 spiro atoms. The lowest BCUT2D eigenvalue weighted by molar-refractivity contribution is -0.113. The molecule has 192 valence electrons. The molecule has 0 bridgehead atoms. The van der Waals surface area contributed by atoms with Gasteiger partial charge in [-0.2, -0.15) is 5.26 Å². The first-order valence-corrected chi connectivity index (χ1v) is 11.8. The molecule has 0 unspecified atom stereocenters. The highest BCUT2D eigenvalue weighted by Gasteiger charge is 2.46. The highest BCUT2D eigenvalue weighted by Crippen LogP contribution is 2.41. The molecule has 3 aromatic rings. The van der Waals surface area contributed by atoms with Gasteiger partial charge in [0.1, 0.15) is 11.4 Å². The smallest absolute Gasteiger partial charge is 0.282 e. The summed E-state index contributed by atoms with van der Waals surface area (Å²) in [5.41, 5.74) is 1.12. The van der Waals surface area contributed by atoms with Crippen LogP contribution in [-0.4, -0.2) is 51.6 Å². The Morgan fingerprint density at radius 1 is 1.16 bits per heavy atom. The Hall–Kier alpha value is -4.72. The monoisotopic (exact) mass is 517 g/mol. The lowest BCUT2D eigenvalue weighted by atomic mass is 9.95. The van der Waals surface area contributed by atoms with E-state index in [0.717, 1.165) is 22.3 Å². The number of rotatable bonds is 6. The highest BCUT2D eigenvalue weighted by molar-refractivity contribution is 6.05. The van der Waals surface area contributed by atoms with Crippen LogP contribution in [0.25, 0.3) is 11.1 Å². The average molecular weight is 517 g/mol. The van der Waals surface area contributed by atoms with E-state index in [2.05, 4.69) is 10.3 Å². The van der Waals surface area contributed by atoms with Crippen molar-refractivity contribution in [1.29, 1.82) is 5.26 Å². The van der Waals surface area contributed by atoms with E-state index in [9.17, 15) is 33.2 Å². The fourth-order valence-electron chi connectivity index (χ4n) is 4.38. The van der Waals surface area contributed by atoms with E-state index in [1.54, 1.807) is 12.1 Å². The third-order valence-corrected chi connectivity index (χ3v) is 6.49. The van der Waals surface area contributed by atoms with E-state index in [4.69, 9.17) is 0 Å². The van der Waals surface area contributed by atoms with Gasteiger partial charge < -0.3 is 14.8 Å². The molecule has 0 radical (unpaired) electrons. The topological polar surface area (TPSA) is 125 Å². The van der Waals surface area contributed by atoms with Crippen molar-refractivity contribution < 1.29 is 23.2 Å². The maximum Gasteiger partial charge on any atom is 0.282 e. The molecule has 1 N–H and O–H groups in total. The third kappa shape index (κ3) is 4.80. The van der Waals surface area contributed by atoms with Gasteiger partial charge in [0.15, 0.2) is 6.29 Å². The van der Waals surface area contributed by atoms with E-state index >= 15 is 0 Å². The van der Waals surface area contributed by atoms with Gasteiger partial charge in [-0.15, -0.1) is 0 Å². The number of pyridine rings is 2. The predicted octanol–water partition coefficient (Wildman–Crippen LogP) is 3.35. The number of hydrogen-bond acceptors (Lipinski definition) is 6. The van der Waals surface area contributed by atoms with Gasteiger partial charge in [0.2, 0.25) is 0 Å². The van der Waals surface area contributed by atoms with Gasteiger partial charge in [0, 0.05) is 36.0 Å². The maximum atomic E-state index is 13.5. The second-order valence-electron chi connectivity index (χ2n) is 9.50. The molecule has 38 heavy (non-hydrogen) atoms. The Balaban J connectivity index is 1.55. The fourth-order valence-corrected chi connectivity index (χ4v) is 4.38. The van der Waals surface area contributed by atoms with Gasteiger partial charge in [0.05, 0.1) is 24.7 Å². The van der Waals surface area contributed by atoms with Gasteiger partial charge in [0.25, 0.3) is 23.3 Å². The number of carbonyl (C=O) groups is 3. The first-order chi connectivity index (χ1) is 18.1. The number of amides is 2. The standard InChI is InChI=1S/C27H21F2N5O4/c1-33-11-16(12-35)7-21(25(33)37)24(36)32-23-9-18(8-22(31-23)17-3-4-17)19-5-2-15(10-30)6-20(19)26(38)34-13-27(28,29)14-34/h2,5-9,11-12,17H,3-4,13-14H2,1H3,(H,31,32,36). The Kier molecular flexibility index (Phi) is 6.11. The van der Waals surface area contributed by atoms with E-state index < -0.39 is 36.4 Å². The van der Waals surface area contributed by atoms with Gasteiger partial charge >= 0.3 is 0 Å². The largest absolute Gasteiger partial charge is 0.326 e. The first-order valence-electron chi connectivity index (χ1n) is 11.8. The number of halogens is 2. The number of benzene rings is 1. The summed E-state index contributed by atoms with van der Waals surface area (Å²) in [4.78, 5) is 55.4. The van der Waals surface area contributed by atoms with Crippen LogP contribution in [0, 0.1) is 11.3 Å². The summed E-state index contributed by atoms with van der Waals surface area (Å²) in [6.45, 7) is -1.41. The zero-order valence-electron chi connectivity index (χ0n) is 20.2. The van der Waals surface area contributed by atoms with Gasteiger partial charge in [-0.1, -0.05) is 6.07 Å². The highest BCUT2D eigenvalue weighted by atomic mass is 19.3. The van der Waals surface area contributed by atoms with Crippen LogP contribution in [0.5, 0.6) is 0 Å². The number of alkyl halides is 2. The summed E-state index contributed by atoms with van der Waals surface area (Å²) in [7, 11) is 1.42. The third-order valence-electron chi connectivity index (χ3n) is 6.49. The molecule has 9 nitrogen and oxygen atoms in total. The molecule has 2 fully saturated rings. The number of aldehydes is 1. The zero-order chi connectivity index (χ0) is 27.2. The van der Waals surface area contributed by atoms with Crippen molar-refractivity contribution in [2.75, 3.05) is 18.4 Å². The van der Waals surface area contributed by atoms with Gasteiger partial charge in [-0.25, -0.2) is 13.8 Å². The van der Waals surface area contributed by atoms with Crippen molar-refractivity contribution >= 4 is 23.9 Å². The van der Waals surface area contributed by atoms with Crippen molar-refractivity contribution in [2.24, 2.45) is 7.05 Å². The molecule has 2 amide bonds. The van der Waals surface area contributed by atoms with Crippen LogP contribution in [0.2, 0.25) is 0 Å². The number of aryl methyl sites for hydroxylation is 1. The molecule has 2 aromatic heterocycles. The summed E-state index contributed by atoms with van der Waals surface area (Å²) in [6, 6.07) is 10.9. The molecule has 11 heteroatoms. The summed E-state index contributed by atoms with van der Waals surface area (Å²) < 4.78 is 28.1. The number of hydrogen-bond donors (Lipinski definition) is 1. The summed E-state index contributed by atoms with van der Waals surface area (Å²) in [6.07, 6.45) is 3.60. The van der Waals surface area contributed by atoms with Crippen LogP contribution >= 0.6 is 0 Å². The van der Waals surface area contributed by atoms with Crippen molar-refractivity contribution in [2.45, 2.75) is 24.7 Å². The Labute approximate surface area is 215 Å². The molecule has 1 aliphatic heterocycles. The van der Waals surface area contributed by atoms with Crippen LogP contribution in [-0.2, 0) is 7.05 Å². The number of aromatic nitrogens is 2. The molecule has 1 saturated carbocycles. The Morgan fingerprint density at radius 3 is 2.53 bits per heavy atom. The van der Waals surface area contributed by atoms with Crippen LogP contribution < -0.4 is 10.9 Å². The minimum absolute atomic E-state index is 0.0809. The van der Waals surface area contributed by atoms with Crippen molar-refractivity contribution in [1.82, 2.24) is 14.5 Å². The van der Waals surface area contributed by atoms with E-state index in [-0.39, 0.29) is 34.0 Å².